The van der Waals surface area contributed by atoms with Gasteiger partial charge in [-0.15, -0.1) is 0 Å². The second kappa shape index (κ2) is 8.81. The highest BCUT2D eigenvalue weighted by atomic mass is 14.3. The van der Waals surface area contributed by atoms with Crippen LogP contribution in [0, 0.1) is 0 Å². The van der Waals surface area contributed by atoms with Crippen LogP contribution >= 0.6 is 0 Å². The molecule has 9 aromatic rings. The van der Waals surface area contributed by atoms with Crippen molar-refractivity contribution in [3.63, 3.8) is 0 Å². The number of benzene rings is 9. The molecule has 11 rings (SSSR count). The van der Waals surface area contributed by atoms with E-state index in [0.717, 1.165) is 0 Å². The largest absolute Gasteiger partial charge is 0.0616 e. The van der Waals surface area contributed by atoms with Crippen molar-refractivity contribution >= 4 is 43.1 Å². The van der Waals surface area contributed by atoms with Crippen LogP contribution in [-0.2, 0) is 0 Å². The van der Waals surface area contributed by atoms with Gasteiger partial charge in [0.05, 0.1) is 0 Å². The molecular weight excluding hydrogens is 553 g/mol. The first-order valence-electron chi connectivity index (χ1n) is 16.1. The standard InChI is InChI=1S/C46H26/c1-3-15-33-31(9-1)25-39(45-37-19-7-13-29-11-5-17-35(41(29)37)43(33)45)27-21-23-28(24-22-27)40-26-32-10-2-4-16-34(32)44-36-18-6-12-30-14-8-20-38(42(30)36)46(40)44/h1-26H. The lowest BCUT2D eigenvalue weighted by molar-refractivity contribution is 1.61. The highest BCUT2D eigenvalue weighted by Crippen LogP contribution is 2.56. The third kappa shape index (κ3) is 3.08. The Morgan fingerprint density at radius 3 is 1.00 bits per heavy atom. The minimum Gasteiger partial charge on any atom is -0.0616 e. The Morgan fingerprint density at radius 1 is 0.239 bits per heavy atom. The van der Waals surface area contributed by atoms with E-state index >= 15 is 0 Å². The Balaban J connectivity index is 1.15. The van der Waals surface area contributed by atoms with E-state index in [1.807, 2.05) is 0 Å². The lowest BCUT2D eigenvalue weighted by Gasteiger charge is -2.16. The van der Waals surface area contributed by atoms with Crippen LogP contribution in [0.5, 0.6) is 0 Å². The summed E-state index contributed by atoms with van der Waals surface area (Å²) in [7, 11) is 0. The van der Waals surface area contributed by atoms with E-state index < -0.39 is 0 Å². The Labute approximate surface area is 266 Å². The van der Waals surface area contributed by atoms with Crippen LogP contribution in [0.25, 0.3) is 110 Å². The smallest absolute Gasteiger partial charge is 0.00137 e. The molecule has 46 heavy (non-hydrogen) atoms. The van der Waals surface area contributed by atoms with Crippen molar-refractivity contribution in [2.45, 2.75) is 0 Å². The van der Waals surface area contributed by atoms with Crippen molar-refractivity contribution in [2.24, 2.45) is 0 Å². The Hall–Kier alpha value is -5.98. The van der Waals surface area contributed by atoms with Crippen molar-refractivity contribution in [2.75, 3.05) is 0 Å². The average molecular weight is 579 g/mol. The molecule has 2 aliphatic carbocycles. The molecule has 2 aliphatic rings. The molecule has 0 saturated heterocycles. The zero-order chi connectivity index (χ0) is 29.9. The zero-order valence-electron chi connectivity index (χ0n) is 25.0. The van der Waals surface area contributed by atoms with Gasteiger partial charge in [-0.05, 0) is 122 Å². The summed E-state index contributed by atoms with van der Waals surface area (Å²) in [5.41, 5.74) is 15.9. The van der Waals surface area contributed by atoms with Gasteiger partial charge in [-0.3, -0.25) is 0 Å². The van der Waals surface area contributed by atoms with Crippen LogP contribution < -0.4 is 0 Å². The molecule has 0 spiro atoms. The van der Waals surface area contributed by atoms with Gasteiger partial charge < -0.3 is 0 Å². The van der Waals surface area contributed by atoms with Gasteiger partial charge in [0.25, 0.3) is 0 Å². The SMILES string of the molecule is c1ccc2c3c(c(-c4ccc(-c5cc6ccccc6c6c5-c5cccc7cccc-6c57)cc4)cc2c1)-c1cccc2cccc-3c12. The summed E-state index contributed by atoms with van der Waals surface area (Å²) in [5, 5.41) is 10.6. The first-order chi connectivity index (χ1) is 22.8. The summed E-state index contributed by atoms with van der Waals surface area (Å²) in [6.07, 6.45) is 0. The molecule has 0 amide bonds. The van der Waals surface area contributed by atoms with E-state index in [0.29, 0.717) is 0 Å². The quantitative estimate of drug-likeness (QED) is 0.191. The number of hydrogen-bond acceptors (Lipinski definition) is 0. The van der Waals surface area contributed by atoms with Gasteiger partial charge in [-0.1, -0.05) is 146 Å². The molecule has 0 fully saturated rings. The van der Waals surface area contributed by atoms with Gasteiger partial charge in [-0.2, -0.15) is 0 Å². The summed E-state index contributed by atoms with van der Waals surface area (Å²) in [4.78, 5) is 0. The van der Waals surface area contributed by atoms with Crippen LogP contribution in [0.2, 0.25) is 0 Å². The lowest BCUT2D eigenvalue weighted by atomic mass is 9.87. The third-order valence-electron chi connectivity index (χ3n) is 10.5. The van der Waals surface area contributed by atoms with E-state index in [9.17, 15) is 0 Å². The van der Waals surface area contributed by atoms with E-state index in [-0.39, 0.29) is 0 Å². The molecule has 0 radical (unpaired) electrons. The zero-order valence-corrected chi connectivity index (χ0v) is 25.0. The number of hydrogen-bond donors (Lipinski definition) is 0. The van der Waals surface area contributed by atoms with Crippen molar-refractivity contribution in [3.8, 4) is 66.8 Å². The Morgan fingerprint density at radius 2 is 0.587 bits per heavy atom. The predicted octanol–water partition coefficient (Wildman–Crippen LogP) is 12.9. The maximum atomic E-state index is 2.40. The summed E-state index contributed by atoms with van der Waals surface area (Å²) >= 11 is 0. The topological polar surface area (TPSA) is 0 Å². The molecular formula is C46H26. The Bertz CT molecular complexity index is 2570. The van der Waals surface area contributed by atoms with Crippen LogP contribution in [0.15, 0.2) is 158 Å². The normalized spacial score (nSPS) is 12.3. The summed E-state index contributed by atoms with van der Waals surface area (Å²) in [5.74, 6) is 0. The molecule has 0 bridgehead atoms. The fourth-order valence-corrected chi connectivity index (χ4v) is 8.61. The van der Waals surface area contributed by atoms with Gasteiger partial charge in [0.1, 0.15) is 0 Å². The highest BCUT2D eigenvalue weighted by Gasteiger charge is 2.28. The maximum Gasteiger partial charge on any atom is -0.00137 e. The molecule has 0 aliphatic heterocycles. The molecule has 0 nitrogen and oxygen atoms in total. The summed E-state index contributed by atoms with van der Waals surface area (Å²) < 4.78 is 0. The second-order valence-corrected chi connectivity index (χ2v) is 12.8. The molecule has 0 heterocycles. The molecule has 0 heteroatoms. The molecule has 0 saturated carbocycles. The summed E-state index contributed by atoms with van der Waals surface area (Å²) in [6.45, 7) is 0. The van der Waals surface area contributed by atoms with Crippen LogP contribution in [0.4, 0.5) is 0 Å². The number of fused-ring (bicyclic) bond motifs is 10. The lowest BCUT2D eigenvalue weighted by Crippen LogP contribution is -1.90. The van der Waals surface area contributed by atoms with E-state index in [2.05, 4.69) is 158 Å². The fraction of sp³-hybridized carbons (Fsp3) is 0. The monoisotopic (exact) mass is 578 g/mol. The van der Waals surface area contributed by atoms with Gasteiger partial charge in [0.2, 0.25) is 0 Å². The highest BCUT2D eigenvalue weighted by molar-refractivity contribution is 6.25. The van der Waals surface area contributed by atoms with Gasteiger partial charge >= 0.3 is 0 Å². The first-order valence-corrected chi connectivity index (χ1v) is 16.1. The van der Waals surface area contributed by atoms with Gasteiger partial charge in [-0.25, -0.2) is 0 Å². The maximum absolute atomic E-state index is 2.40. The average Bonchev–Trinajstić information content (AvgIpc) is 3.64. The van der Waals surface area contributed by atoms with E-state index in [1.54, 1.807) is 0 Å². The van der Waals surface area contributed by atoms with Gasteiger partial charge in [0, 0.05) is 0 Å². The minimum absolute atomic E-state index is 1.25. The fourth-order valence-electron chi connectivity index (χ4n) is 8.61. The number of rotatable bonds is 2. The predicted molar refractivity (Wildman–Crippen MR) is 196 cm³/mol. The van der Waals surface area contributed by atoms with Crippen LogP contribution in [-0.4, -0.2) is 0 Å². The second-order valence-electron chi connectivity index (χ2n) is 12.8. The first kappa shape index (κ1) is 24.4. The summed E-state index contributed by atoms with van der Waals surface area (Å²) in [6, 6.07) is 58.9. The van der Waals surface area contributed by atoms with E-state index in [1.165, 1.54) is 110 Å². The molecule has 210 valence electrons. The molecule has 0 aromatic heterocycles. The molecule has 0 unspecified atom stereocenters. The van der Waals surface area contributed by atoms with Crippen LogP contribution in [0.1, 0.15) is 0 Å². The van der Waals surface area contributed by atoms with Crippen molar-refractivity contribution < 1.29 is 0 Å². The molecule has 0 N–H and O–H groups in total. The Kier molecular flexibility index (Phi) is 4.66. The van der Waals surface area contributed by atoms with Crippen molar-refractivity contribution in [1.29, 1.82) is 0 Å². The minimum atomic E-state index is 1.25. The third-order valence-corrected chi connectivity index (χ3v) is 10.5. The molecule has 9 aromatic carbocycles. The van der Waals surface area contributed by atoms with Crippen molar-refractivity contribution in [1.82, 2.24) is 0 Å². The van der Waals surface area contributed by atoms with Crippen molar-refractivity contribution in [3.05, 3.63) is 158 Å². The van der Waals surface area contributed by atoms with Gasteiger partial charge in [0.15, 0.2) is 0 Å². The molecule has 0 atom stereocenters. The van der Waals surface area contributed by atoms with Crippen LogP contribution in [0.3, 0.4) is 0 Å². The van der Waals surface area contributed by atoms with E-state index in [4.69, 9.17) is 0 Å².